The van der Waals surface area contributed by atoms with Crippen LogP contribution in [-0.2, 0) is 10.0 Å². The SMILES string of the molecule is N#Cc1ccc(NCCC2CCCCN2S(=O)(=O)c2ccc(Cl)cc2)nc1N. The number of nitrogens with one attached hydrogen (secondary N) is 1. The van der Waals surface area contributed by atoms with Gasteiger partial charge in [-0.3, -0.25) is 0 Å². The molecule has 0 saturated carbocycles. The molecule has 2 aromatic rings. The van der Waals surface area contributed by atoms with Gasteiger partial charge in [0.1, 0.15) is 17.7 Å². The van der Waals surface area contributed by atoms with Crippen LogP contribution in [-0.4, -0.2) is 36.8 Å². The number of benzene rings is 1. The third-order valence-corrected chi connectivity index (χ3v) is 7.04. The van der Waals surface area contributed by atoms with Gasteiger partial charge in [0.05, 0.1) is 10.5 Å². The molecule has 7 nitrogen and oxygen atoms in total. The summed E-state index contributed by atoms with van der Waals surface area (Å²) in [7, 11) is -3.56. The van der Waals surface area contributed by atoms with Crippen molar-refractivity contribution >= 4 is 33.3 Å². The minimum atomic E-state index is -3.56. The lowest BCUT2D eigenvalue weighted by Gasteiger charge is -2.34. The van der Waals surface area contributed by atoms with Crippen molar-refractivity contribution in [1.82, 2.24) is 9.29 Å². The fourth-order valence-corrected chi connectivity index (χ4v) is 5.21. The topological polar surface area (TPSA) is 112 Å². The molecule has 1 fully saturated rings. The molecule has 1 aromatic heterocycles. The molecule has 0 aliphatic carbocycles. The van der Waals surface area contributed by atoms with E-state index in [1.807, 2.05) is 6.07 Å². The smallest absolute Gasteiger partial charge is 0.243 e. The molecule has 1 aliphatic rings. The highest BCUT2D eigenvalue weighted by atomic mass is 35.5. The Kier molecular flexibility index (Phi) is 6.39. The maximum absolute atomic E-state index is 13.1. The zero-order valence-electron chi connectivity index (χ0n) is 15.3. The Morgan fingerprint density at radius 3 is 2.68 bits per heavy atom. The normalized spacial score (nSPS) is 17.8. The Morgan fingerprint density at radius 1 is 1.25 bits per heavy atom. The zero-order valence-corrected chi connectivity index (χ0v) is 16.9. The summed E-state index contributed by atoms with van der Waals surface area (Å²) >= 11 is 5.88. The van der Waals surface area contributed by atoms with Gasteiger partial charge in [0, 0.05) is 24.2 Å². The summed E-state index contributed by atoms with van der Waals surface area (Å²) in [6.45, 7) is 1.06. The molecule has 0 radical (unpaired) electrons. The van der Waals surface area contributed by atoms with E-state index in [0.717, 1.165) is 19.3 Å². The van der Waals surface area contributed by atoms with Crippen LogP contribution in [0.3, 0.4) is 0 Å². The number of hydrogen-bond acceptors (Lipinski definition) is 6. The van der Waals surface area contributed by atoms with Crippen LogP contribution in [0.5, 0.6) is 0 Å². The van der Waals surface area contributed by atoms with Crippen LogP contribution in [0.15, 0.2) is 41.3 Å². The van der Waals surface area contributed by atoms with Gasteiger partial charge in [-0.15, -0.1) is 0 Å². The number of piperidine rings is 1. The molecule has 1 aliphatic heterocycles. The highest BCUT2D eigenvalue weighted by Gasteiger charge is 2.33. The molecule has 3 rings (SSSR count). The second-order valence-electron chi connectivity index (χ2n) is 6.68. The molecular formula is C19H22ClN5O2S. The summed E-state index contributed by atoms with van der Waals surface area (Å²) in [5.41, 5.74) is 6.06. The summed E-state index contributed by atoms with van der Waals surface area (Å²) in [6, 6.07) is 11.5. The molecule has 0 spiro atoms. The molecule has 1 saturated heterocycles. The molecule has 1 unspecified atom stereocenters. The number of halogens is 1. The van der Waals surface area contributed by atoms with Crippen molar-refractivity contribution in [2.75, 3.05) is 24.1 Å². The van der Waals surface area contributed by atoms with E-state index in [0.29, 0.717) is 35.9 Å². The largest absolute Gasteiger partial charge is 0.383 e. The summed E-state index contributed by atoms with van der Waals surface area (Å²) in [5.74, 6) is 0.747. The third-order valence-electron chi connectivity index (χ3n) is 4.82. The van der Waals surface area contributed by atoms with Crippen molar-refractivity contribution in [3.8, 4) is 6.07 Å². The van der Waals surface area contributed by atoms with E-state index in [1.165, 1.54) is 0 Å². The number of hydrogen-bond donors (Lipinski definition) is 2. The number of nitrogen functional groups attached to an aromatic ring is 1. The fraction of sp³-hybridized carbons (Fsp3) is 0.368. The predicted octanol–water partition coefficient (Wildman–Crippen LogP) is 3.23. The number of pyridine rings is 1. The Morgan fingerprint density at radius 2 is 2.00 bits per heavy atom. The molecule has 1 atom stereocenters. The van der Waals surface area contributed by atoms with E-state index in [4.69, 9.17) is 22.6 Å². The van der Waals surface area contributed by atoms with Crippen LogP contribution in [0.4, 0.5) is 11.6 Å². The van der Waals surface area contributed by atoms with Gasteiger partial charge >= 0.3 is 0 Å². The molecule has 0 bridgehead atoms. The fourth-order valence-electron chi connectivity index (χ4n) is 3.36. The van der Waals surface area contributed by atoms with Crippen LogP contribution >= 0.6 is 11.6 Å². The van der Waals surface area contributed by atoms with Gasteiger partial charge in [0.15, 0.2) is 0 Å². The second-order valence-corrected chi connectivity index (χ2v) is 9.00. The van der Waals surface area contributed by atoms with Gasteiger partial charge in [0.25, 0.3) is 0 Å². The van der Waals surface area contributed by atoms with Gasteiger partial charge in [0.2, 0.25) is 10.0 Å². The first-order chi connectivity index (χ1) is 13.4. The van der Waals surface area contributed by atoms with Crippen molar-refractivity contribution in [2.45, 2.75) is 36.6 Å². The number of nitrogens with zero attached hydrogens (tertiary/aromatic N) is 3. The molecule has 0 amide bonds. The lowest BCUT2D eigenvalue weighted by molar-refractivity contribution is 0.244. The van der Waals surface area contributed by atoms with E-state index in [1.54, 1.807) is 40.7 Å². The van der Waals surface area contributed by atoms with Gasteiger partial charge in [-0.1, -0.05) is 18.0 Å². The van der Waals surface area contributed by atoms with Crippen molar-refractivity contribution in [3.63, 3.8) is 0 Å². The van der Waals surface area contributed by atoms with Crippen LogP contribution in [0, 0.1) is 11.3 Å². The van der Waals surface area contributed by atoms with Gasteiger partial charge < -0.3 is 11.1 Å². The summed E-state index contributed by atoms with van der Waals surface area (Å²) in [5, 5.41) is 12.6. The number of anilines is 2. The Hall–Kier alpha value is -2.34. The van der Waals surface area contributed by atoms with E-state index in [9.17, 15) is 8.42 Å². The number of rotatable bonds is 6. The Labute approximate surface area is 170 Å². The van der Waals surface area contributed by atoms with Crippen molar-refractivity contribution < 1.29 is 8.42 Å². The number of sulfonamides is 1. The molecule has 2 heterocycles. The molecular weight excluding hydrogens is 398 g/mol. The van der Waals surface area contributed by atoms with Crippen molar-refractivity contribution in [2.24, 2.45) is 0 Å². The number of aromatic nitrogens is 1. The summed E-state index contributed by atoms with van der Waals surface area (Å²) in [6.07, 6.45) is 3.32. The van der Waals surface area contributed by atoms with Crippen LogP contribution in [0.2, 0.25) is 5.02 Å². The molecule has 148 valence electrons. The molecule has 3 N–H and O–H groups in total. The maximum atomic E-state index is 13.1. The quantitative estimate of drug-likeness (QED) is 0.743. The first-order valence-corrected chi connectivity index (χ1v) is 10.9. The van der Waals surface area contributed by atoms with E-state index >= 15 is 0 Å². The van der Waals surface area contributed by atoms with E-state index in [-0.39, 0.29) is 16.8 Å². The molecule has 9 heteroatoms. The van der Waals surface area contributed by atoms with Crippen LogP contribution in [0.25, 0.3) is 0 Å². The molecule has 28 heavy (non-hydrogen) atoms. The van der Waals surface area contributed by atoms with Gasteiger partial charge in [-0.05, 0) is 55.7 Å². The first-order valence-electron chi connectivity index (χ1n) is 9.10. The minimum Gasteiger partial charge on any atom is -0.383 e. The lowest BCUT2D eigenvalue weighted by atomic mass is 10.0. The minimum absolute atomic E-state index is 0.0855. The number of nitrogens with two attached hydrogens (primary N) is 1. The summed E-state index contributed by atoms with van der Waals surface area (Å²) < 4.78 is 27.7. The summed E-state index contributed by atoms with van der Waals surface area (Å²) in [4.78, 5) is 4.41. The van der Waals surface area contributed by atoms with Crippen molar-refractivity contribution in [1.29, 1.82) is 5.26 Å². The highest BCUT2D eigenvalue weighted by Crippen LogP contribution is 2.28. The Bertz CT molecular complexity index is 973. The van der Waals surface area contributed by atoms with Gasteiger partial charge in [-0.2, -0.15) is 9.57 Å². The monoisotopic (exact) mass is 419 g/mol. The third kappa shape index (κ3) is 4.55. The Balaban J connectivity index is 1.67. The standard InChI is InChI=1S/C19H22ClN5O2S/c20-15-5-7-17(8-6-15)28(26,27)25-12-2-1-3-16(25)10-11-23-18-9-4-14(13-21)19(22)24-18/h4-9,16H,1-3,10-12H2,(H3,22,23,24). The zero-order chi connectivity index (χ0) is 20.1. The highest BCUT2D eigenvalue weighted by molar-refractivity contribution is 7.89. The van der Waals surface area contributed by atoms with Crippen molar-refractivity contribution in [3.05, 3.63) is 47.0 Å². The second kappa shape index (κ2) is 8.78. The average molecular weight is 420 g/mol. The van der Waals surface area contributed by atoms with Crippen LogP contribution < -0.4 is 11.1 Å². The molecule has 1 aromatic carbocycles. The maximum Gasteiger partial charge on any atom is 0.243 e. The van der Waals surface area contributed by atoms with E-state index in [2.05, 4.69) is 10.3 Å². The first kappa shape index (κ1) is 20.4. The number of nitriles is 1. The predicted molar refractivity (Wildman–Crippen MR) is 109 cm³/mol. The lowest BCUT2D eigenvalue weighted by Crippen LogP contribution is -2.44. The van der Waals surface area contributed by atoms with Crippen LogP contribution in [0.1, 0.15) is 31.2 Å². The average Bonchev–Trinajstić information content (AvgIpc) is 2.69. The van der Waals surface area contributed by atoms with E-state index < -0.39 is 10.0 Å². The van der Waals surface area contributed by atoms with Gasteiger partial charge in [-0.25, -0.2) is 13.4 Å².